The van der Waals surface area contributed by atoms with E-state index < -0.39 is 0 Å². The molecular formula is C20H36Cl2N2. The van der Waals surface area contributed by atoms with Crippen molar-refractivity contribution < 1.29 is 0 Å². The van der Waals surface area contributed by atoms with E-state index in [2.05, 4.69) is 39.5 Å². The molecule has 0 fully saturated rings. The van der Waals surface area contributed by atoms with Crippen LogP contribution < -0.4 is 11.5 Å². The Morgan fingerprint density at radius 1 is 0.667 bits per heavy atom. The van der Waals surface area contributed by atoms with E-state index in [4.69, 9.17) is 11.5 Å². The number of hydrogen-bond donors (Lipinski definition) is 2. The summed E-state index contributed by atoms with van der Waals surface area (Å²) >= 11 is 0. The monoisotopic (exact) mass is 374 g/mol. The fourth-order valence-corrected chi connectivity index (χ4v) is 1.64. The minimum Gasteiger partial charge on any atom is -0.324 e. The lowest BCUT2D eigenvalue weighted by molar-refractivity contribution is 0.739. The van der Waals surface area contributed by atoms with Gasteiger partial charge in [0.25, 0.3) is 0 Å². The molecule has 4 N–H and O–H groups in total. The average molecular weight is 375 g/mol. The van der Waals surface area contributed by atoms with Crippen LogP contribution in [0.5, 0.6) is 0 Å². The Morgan fingerprint density at radius 2 is 0.958 bits per heavy atom. The van der Waals surface area contributed by atoms with Gasteiger partial charge in [-0.3, -0.25) is 0 Å². The van der Waals surface area contributed by atoms with E-state index in [0.717, 1.165) is 49.7 Å². The molecule has 0 aliphatic rings. The lowest BCUT2D eigenvalue weighted by atomic mass is 10.0. The Hall–Kier alpha value is -1.06. The minimum atomic E-state index is 0. The maximum atomic E-state index is 5.76. The lowest BCUT2D eigenvalue weighted by Gasteiger charge is -2.10. The first-order valence-electron chi connectivity index (χ1n) is 7.74. The smallest absolute Gasteiger partial charge is 0.0285 e. The van der Waals surface area contributed by atoms with Crippen LogP contribution in [-0.4, -0.2) is 12.1 Å². The number of halogens is 2. The maximum absolute atomic E-state index is 5.76. The molecule has 0 bridgehead atoms. The summed E-state index contributed by atoms with van der Waals surface area (Å²) in [7, 11) is 0. The molecule has 0 radical (unpaired) electrons. The largest absolute Gasteiger partial charge is 0.324 e. The molecule has 0 aliphatic carbocycles. The zero-order valence-electron chi connectivity index (χ0n) is 14.9. The summed E-state index contributed by atoms with van der Waals surface area (Å²) in [4.78, 5) is 0. The van der Waals surface area contributed by atoms with Crippen LogP contribution in [0.25, 0.3) is 0 Å². The molecule has 0 aromatic heterocycles. The predicted molar refractivity (Wildman–Crippen MR) is 117 cm³/mol. The second-order valence-corrected chi connectivity index (χ2v) is 5.23. The number of rotatable bonds is 12. The third kappa shape index (κ3) is 19.0. The summed E-state index contributed by atoms with van der Waals surface area (Å²) in [6.07, 6.45) is 12.8. The molecular weight excluding hydrogens is 339 g/mol. The average Bonchev–Trinajstić information content (AvgIpc) is 2.51. The summed E-state index contributed by atoms with van der Waals surface area (Å²) in [5.41, 5.74) is 13.7. The Balaban J connectivity index is -0.000000154. The number of hydrogen-bond acceptors (Lipinski definition) is 2. The fourth-order valence-electron chi connectivity index (χ4n) is 1.64. The SMILES string of the molecule is C=CCCC(=C)C(N)CC=C.C=CCCC(=C)C(N)CC=C.Cl.Cl. The van der Waals surface area contributed by atoms with Crippen LogP contribution in [0.2, 0.25) is 0 Å². The molecule has 0 rings (SSSR count). The molecule has 0 aliphatic heterocycles. The van der Waals surface area contributed by atoms with E-state index in [9.17, 15) is 0 Å². The zero-order chi connectivity index (χ0) is 17.4. The van der Waals surface area contributed by atoms with Gasteiger partial charge in [0.1, 0.15) is 0 Å². The van der Waals surface area contributed by atoms with Crippen LogP contribution in [0, 0.1) is 0 Å². The molecule has 2 atom stereocenters. The molecule has 0 saturated carbocycles. The highest BCUT2D eigenvalue weighted by molar-refractivity contribution is 5.85. The van der Waals surface area contributed by atoms with Gasteiger partial charge < -0.3 is 11.5 Å². The lowest BCUT2D eigenvalue weighted by Crippen LogP contribution is -2.20. The highest BCUT2D eigenvalue weighted by atomic mass is 35.5. The van der Waals surface area contributed by atoms with Gasteiger partial charge in [-0.25, -0.2) is 0 Å². The van der Waals surface area contributed by atoms with Crippen molar-refractivity contribution in [3.05, 3.63) is 74.9 Å². The van der Waals surface area contributed by atoms with E-state index in [1.165, 1.54) is 0 Å². The molecule has 0 saturated heterocycles. The van der Waals surface area contributed by atoms with Crippen LogP contribution >= 0.6 is 24.8 Å². The Morgan fingerprint density at radius 3 is 1.17 bits per heavy atom. The second-order valence-electron chi connectivity index (χ2n) is 5.23. The van der Waals surface area contributed by atoms with Gasteiger partial charge in [0.2, 0.25) is 0 Å². The first-order chi connectivity index (χ1) is 10.4. The van der Waals surface area contributed by atoms with Crippen molar-refractivity contribution in [3.8, 4) is 0 Å². The van der Waals surface area contributed by atoms with Gasteiger partial charge in [0.15, 0.2) is 0 Å². The van der Waals surface area contributed by atoms with Gasteiger partial charge in [-0.15, -0.1) is 51.1 Å². The summed E-state index contributed by atoms with van der Waals surface area (Å²) in [6, 6.07) is 0.153. The summed E-state index contributed by atoms with van der Waals surface area (Å²) < 4.78 is 0. The van der Waals surface area contributed by atoms with Gasteiger partial charge in [0, 0.05) is 12.1 Å². The predicted octanol–water partition coefficient (Wildman–Crippen LogP) is 5.67. The normalized spacial score (nSPS) is 11.1. The molecule has 0 spiro atoms. The summed E-state index contributed by atoms with van der Waals surface area (Å²) in [6.45, 7) is 22.3. The minimum absolute atomic E-state index is 0. The Bertz CT molecular complexity index is 340. The summed E-state index contributed by atoms with van der Waals surface area (Å²) in [5, 5.41) is 0. The van der Waals surface area contributed by atoms with Gasteiger partial charge in [0.05, 0.1) is 0 Å². The molecule has 24 heavy (non-hydrogen) atoms. The second kappa shape index (κ2) is 21.9. The quantitative estimate of drug-likeness (QED) is 0.432. The van der Waals surface area contributed by atoms with Crippen LogP contribution in [0.15, 0.2) is 74.9 Å². The van der Waals surface area contributed by atoms with Crippen molar-refractivity contribution in [2.75, 3.05) is 0 Å². The fraction of sp³-hybridized carbons (Fsp3) is 0.400. The molecule has 4 heteroatoms. The molecule has 140 valence electrons. The van der Waals surface area contributed by atoms with E-state index >= 15 is 0 Å². The van der Waals surface area contributed by atoms with Gasteiger partial charge >= 0.3 is 0 Å². The molecule has 0 aromatic carbocycles. The molecule has 0 amide bonds. The third-order valence-electron chi connectivity index (χ3n) is 3.23. The van der Waals surface area contributed by atoms with E-state index in [1.54, 1.807) is 0 Å². The van der Waals surface area contributed by atoms with Crippen molar-refractivity contribution in [1.29, 1.82) is 0 Å². The van der Waals surface area contributed by atoms with E-state index in [0.29, 0.717) is 0 Å². The Labute approximate surface area is 162 Å². The highest BCUT2D eigenvalue weighted by Gasteiger charge is 2.03. The van der Waals surface area contributed by atoms with Crippen LogP contribution in [0.4, 0.5) is 0 Å². The highest BCUT2D eigenvalue weighted by Crippen LogP contribution is 2.09. The van der Waals surface area contributed by atoms with Crippen molar-refractivity contribution in [2.45, 2.75) is 50.6 Å². The van der Waals surface area contributed by atoms with Crippen LogP contribution in [-0.2, 0) is 0 Å². The van der Waals surface area contributed by atoms with Gasteiger partial charge in [-0.1, -0.05) is 48.6 Å². The maximum Gasteiger partial charge on any atom is 0.0285 e. The van der Waals surface area contributed by atoms with Crippen molar-refractivity contribution in [1.82, 2.24) is 0 Å². The molecule has 2 nitrogen and oxygen atoms in total. The van der Waals surface area contributed by atoms with E-state index in [1.807, 2.05) is 24.3 Å². The molecule has 2 unspecified atom stereocenters. The van der Waals surface area contributed by atoms with Crippen LogP contribution in [0.3, 0.4) is 0 Å². The van der Waals surface area contributed by atoms with Gasteiger partial charge in [-0.2, -0.15) is 0 Å². The zero-order valence-corrected chi connectivity index (χ0v) is 16.6. The Kier molecular flexibility index (Phi) is 28.1. The number of allylic oxidation sites excluding steroid dienone is 2. The van der Waals surface area contributed by atoms with E-state index in [-0.39, 0.29) is 36.9 Å². The number of nitrogens with two attached hydrogens (primary N) is 2. The van der Waals surface area contributed by atoms with Crippen molar-refractivity contribution in [3.63, 3.8) is 0 Å². The molecule has 0 aromatic rings. The van der Waals surface area contributed by atoms with Crippen molar-refractivity contribution >= 4 is 24.8 Å². The first-order valence-corrected chi connectivity index (χ1v) is 7.74. The standard InChI is InChI=1S/2C10H17N.2ClH/c2*1-4-6-8-9(3)10(11)7-5-2;;/h2*4-5,10H,1-3,6-8,11H2;2*1H. The first kappa shape index (κ1) is 30.8. The third-order valence-corrected chi connectivity index (χ3v) is 3.23. The topological polar surface area (TPSA) is 52.0 Å². The van der Waals surface area contributed by atoms with Crippen molar-refractivity contribution in [2.24, 2.45) is 11.5 Å². The van der Waals surface area contributed by atoms with Gasteiger partial charge in [-0.05, 0) is 38.5 Å². The summed E-state index contributed by atoms with van der Waals surface area (Å²) in [5.74, 6) is 0. The molecule has 0 heterocycles. The van der Waals surface area contributed by atoms with Crippen LogP contribution in [0.1, 0.15) is 38.5 Å².